The fourth-order valence-corrected chi connectivity index (χ4v) is 3.92. The summed E-state index contributed by atoms with van der Waals surface area (Å²) in [6.07, 6.45) is -0.882. The molecular weight excluding hydrogens is 469 g/mol. The maximum atomic E-state index is 12.9. The lowest BCUT2D eigenvalue weighted by atomic mass is 10.1. The predicted molar refractivity (Wildman–Crippen MR) is 127 cm³/mol. The van der Waals surface area contributed by atoms with Crippen molar-refractivity contribution in [1.82, 2.24) is 4.90 Å². The van der Waals surface area contributed by atoms with Crippen molar-refractivity contribution in [3.05, 3.63) is 52.0 Å². The molecule has 0 radical (unpaired) electrons. The number of nitrogens with one attached hydrogen (secondary N) is 1. The van der Waals surface area contributed by atoms with Crippen LogP contribution in [0.1, 0.15) is 24.2 Å². The molecule has 0 aromatic heterocycles. The number of ether oxygens (including phenoxy) is 2. The van der Waals surface area contributed by atoms with Crippen LogP contribution in [0.15, 0.2) is 36.4 Å². The molecule has 1 saturated heterocycles. The lowest BCUT2D eigenvalue weighted by molar-refractivity contribution is -0.129. The number of benzene rings is 2. The standard InChI is InChI=1S/C23H25Cl2N3O5/c1-14(33-21-7-5-17(24)13-18(21)25)22(30)26-19-12-16(23(31)32-3)4-6-20(19)28-10-8-27(9-11-28)15(2)29/h4-7,12-14H,8-11H2,1-3H3,(H,26,30)/t14-/m0/s1. The number of anilines is 2. The molecule has 0 bridgehead atoms. The number of hydrogen-bond donors (Lipinski definition) is 1. The second kappa shape index (κ2) is 10.8. The second-order valence-corrected chi connectivity index (χ2v) is 8.38. The highest BCUT2D eigenvalue weighted by Crippen LogP contribution is 2.31. The van der Waals surface area contributed by atoms with Gasteiger partial charge in [0.05, 0.1) is 29.1 Å². The van der Waals surface area contributed by atoms with Crippen LogP contribution in [0.5, 0.6) is 5.75 Å². The van der Waals surface area contributed by atoms with Crippen LogP contribution >= 0.6 is 23.2 Å². The van der Waals surface area contributed by atoms with Gasteiger partial charge in [-0.3, -0.25) is 9.59 Å². The van der Waals surface area contributed by atoms with E-state index in [1.165, 1.54) is 13.2 Å². The van der Waals surface area contributed by atoms with E-state index in [-0.39, 0.29) is 5.91 Å². The van der Waals surface area contributed by atoms with E-state index in [0.717, 1.165) is 5.69 Å². The Morgan fingerprint density at radius 2 is 1.73 bits per heavy atom. The van der Waals surface area contributed by atoms with E-state index in [9.17, 15) is 14.4 Å². The number of hydrogen-bond acceptors (Lipinski definition) is 6. The van der Waals surface area contributed by atoms with Crippen molar-refractivity contribution in [1.29, 1.82) is 0 Å². The Bertz CT molecular complexity index is 1050. The molecule has 1 aliphatic heterocycles. The minimum Gasteiger partial charge on any atom is -0.479 e. The van der Waals surface area contributed by atoms with E-state index in [4.69, 9.17) is 32.7 Å². The van der Waals surface area contributed by atoms with E-state index in [1.807, 2.05) is 0 Å². The van der Waals surface area contributed by atoms with Gasteiger partial charge in [-0.2, -0.15) is 0 Å². The first-order valence-corrected chi connectivity index (χ1v) is 11.1. The Balaban J connectivity index is 1.81. The van der Waals surface area contributed by atoms with Gasteiger partial charge >= 0.3 is 5.97 Å². The summed E-state index contributed by atoms with van der Waals surface area (Å²) in [6, 6.07) is 9.70. The number of rotatable bonds is 6. The molecule has 3 rings (SSSR count). The first kappa shape index (κ1) is 24.7. The third kappa shape index (κ3) is 6.09. The van der Waals surface area contributed by atoms with Gasteiger partial charge in [0, 0.05) is 38.1 Å². The van der Waals surface area contributed by atoms with Crippen molar-refractivity contribution in [2.75, 3.05) is 43.5 Å². The summed E-state index contributed by atoms with van der Waals surface area (Å²) in [5.41, 5.74) is 1.47. The lowest BCUT2D eigenvalue weighted by Gasteiger charge is -2.36. The van der Waals surface area contributed by atoms with Gasteiger partial charge in [0.25, 0.3) is 5.91 Å². The number of carbonyl (C=O) groups excluding carboxylic acids is 3. The molecule has 1 aliphatic rings. The van der Waals surface area contributed by atoms with Gasteiger partial charge in [0.15, 0.2) is 6.10 Å². The molecule has 0 spiro atoms. The Kier molecular flexibility index (Phi) is 8.05. The van der Waals surface area contributed by atoms with Crippen LogP contribution in [-0.4, -0.2) is 62.1 Å². The molecule has 0 unspecified atom stereocenters. The molecule has 0 aliphatic carbocycles. The SMILES string of the molecule is COC(=O)c1ccc(N2CCN(C(C)=O)CC2)c(NC(=O)[C@H](C)Oc2ccc(Cl)cc2Cl)c1. The summed E-state index contributed by atoms with van der Waals surface area (Å²) < 4.78 is 10.5. The molecule has 2 amide bonds. The van der Waals surface area contributed by atoms with Gasteiger partial charge in [0.2, 0.25) is 5.91 Å². The van der Waals surface area contributed by atoms with Crippen LogP contribution in [0.2, 0.25) is 10.0 Å². The highest BCUT2D eigenvalue weighted by Gasteiger charge is 2.24. The Labute approximate surface area is 202 Å². The minimum absolute atomic E-state index is 0.0241. The number of piperazine rings is 1. The third-order valence-electron chi connectivity index (χ3n) is 5.31. The predicted octanol–water partition coefficient (Wildman–Crippen LogP) is 3.85. The topological polar surface area (TPSA) is 88.2 Å². The molecule has 2 aromatic carbocycles. The molecule has 33 heavy (non-hydrogen) atoms. The minimum atomic E-state index is -0.882. The van der Waals surface area contributed by atoms with E-state index < -0.39 is 18.0 Å². The molecule has 2 aromatic rings. The first-order valence-electron chi connectivity index (χ1n) is 10.3. The molecule has 10 heteroatoms. The maximum Gasteiger partial charge on any atom is 0.337 e. The summed E-state index contributed by atoms with van der Waals surface area (Å²) in [5, 5.41) is 3.60. The fourth-order valence-electron chi connectivity index (χ4n) is 3.47. The smallest absolute Gasteiger partial charge is 0.337 e. The maximum absolute atomic E-state index is 12.9. The number of halogens is 2. The van der Waals surface area contributed by atoms with Crippen molar-refractivity contribution in [3.8, 4) is 5.75 Å². The van der Waals surface area contributed by atoms with Gasteiger partial charge < -0.3 is 24.6 Å². The molecular formula is C23H25Cl2N3O5. The van der Waals surface area contributed by atoms with E-state index in [2.05, 4.69) is 10.2 Å². The average Bonchev–Trinajstić information content (AvgIpc) is 2.80. The number of esters is 1. The number of amides is 2. The second-order valence-electron chi connectivity index (χ2n) is 7.54. The molecule has 0 saturated carbocycles. The molecule has 1 fully saturated rings. The van der Waals surface area contributed by atoms with Gasteiger partial charge in [-0.15, -0.1) is 0 Å². The highest BCUT2D eigenvalue weighted by molar-refractivity contribution is 6.35. The van der Waals surface area contributed by atoms with Crippen LogP contribution in [0.25, 0.3) is 0 Å². The lowest BCUT2D eigenvalue weighted by Crippen LogP contribution is -2.48. The monoisotopic (exact) mass is 493 g/mol. The van der Waals surface area contributed by atoms with Crippen LogP contribution in [0.4, 0.5) is 11.4 Å². The van der Waals surface area contributed by atoms with Crippen LogP contribution in [-0.2, 0) is 14.3 Å². The largest absolute Gasteiger partial charge is 0.479 e. The van der Waals surface area contributed by atoms with Gasteiger partial charge in [-0.05, 0) is 43.3 Å². The van der Waals surface area contributed by atoms with Gasteiger partial charge in [0.1, 0.15) is 5.75 Å². The summed E-state index contributed by atoms with van der Waals surface area (Å²) in [7, 11) is 1.29. The highest BCUT2D eigenvalue weighted by atomic mass is 35.5. The van der Waals surface area contributed by atoms with Crippen LogP contribution < -0.4 is 15.0 Å². The van der Waals surface area contributed by atoms with Crippen molar-refractivity contribution in [2.45, 2.75) is 20.0 Å². The molecule has 1 heterocycles. The van der Waals surface area contributed by atoms with E-state index in [1.54, 1.807) is 49.1 Å². The quantitative estimate of drug-likeness (QED) is 0.614. The average molecular weight is 494 g/mol. The summed E-state index contributed by atoms with van der Waals surface area (Å²) in [5.74, 6) is -0.592. The Morgan fingerprint density at radius 1 is 1.03 bits per heavy atom. The van der Waals surface area contributed by atoms with Crippen molar-refractivity contribution in [3.63, 3.8) is 0 Å². The molecule has 8 nitrogen and oxygen atoms in total. The zero-order chi connectivity index (χ0) is 24.1. The number of nitrogens with zero attached hydrogens (tertiary/aromatic N) is 2. The summed E-state index contributed by atoms with van der Waals surface area (Å²) in [6.45, 7) is 5.45. The molecule has 176 valence electrons. The van der Waals surface area contributed by atoms with Gasteiger partial charge in [-0.25, -0.2) is 4.79 Å². The zero-order valence-corrected chi connectivity index (χ0v) is 20.1. The number of carbonyl (C=O) groups is 3. The number of methoxy groups -OCH3 is 1. The fraction of sp³-hybridized carbons (Fsp3) is 0.348. The van der Waals surface area contributed by atoms with Crippen molar-refractivity contribution < 1.29 is 23.9 Å². The molecule has 1 N–H and O–H groups in total. The normalized spacial score (nSPS) is 14.5. The summed E-state index contributed by atoms with van der Waals surface area (Å²) in [4.78, 5) is 40.4. The Morgan fingerprint density at radius 3 is 2.33 bits per heavy atom. The van der Waals surface area contributed by atoms with Crippen LogP contribution in [0, 0.1) is 0 Å². The van der Waals surface area contributed by atoms with E-state index >= 15 is 0 Å². The zero-order valence-electron chi connectivity index (χ0n) is 18.6. The van der Waals surface area contributed by atoms with Crippen molar-refractivity contribution >= 4 is 52.4 Å². The van der Waals surface area contributed by atoms with Gasteiger partial charge in [-0.1, -0.05) is 23.2 Å². The molecule has 1 atom stereocenters. The first-order chi connectivity index (χ1) is 15.7. The third-order valence-corrected chi connectivity index (χ3v) is 5.84. The van der Waals surface area contributed by atoms with Crippen molar-refractivity contribution in [2.24, 2.45) is 0 Å². The Hall–Kier alpha value is -2.97. The van der Waals surface area contributed by atoms with E-state index in [0.29, 0.717) is 53.2 Å². The van der Waals surface area contributed by atoms with Crippen LogP contribution in [0.3, 0.4) is 0 Å². The summed E-state index contributed by atoms with van der Waals surface area (Å²) >= 11 is 12.1.